The lowest BCUT2D eigenvalue weighted by molar-refractivity contribution is -0.167. The van der Waals surface area contributed by atoms with Crippen LogP contribution in [-0.4, -0.2) is 37.2 Å². The molecule has 0 aromatic heterocycles. The van der Waals surface area contributed by atoms with Crippen molar-refractivity contribution >= 4 is 17.9 Å². The van der Waals surface area contributed by atoms with E-state index >= 15 is 0 Å². The number of allylic oxidation sites excluding steroid dienone is 16. The summed E-state index contributed by atoms with van der Waals surface area (Å²) >= 11 is 0. The summed E-state index contributed by atoms with van der Waals surface area (Å²) in [7, 11) is 0. The number of carbonyl (C=O) groups excluding carboxylic acids is 3. The fourth-order valence-electron chi connectivity index (χ4n) is 7.95. The molecular weight excluding hydrogens is 865 g/mol. The molecule has 0 spiro atoms. The van der Waals surface area contributed by atoms with E-state index in [1.165, 1.54) is 109 Å². The number of unbranched alkanes of at least 4 members (excludes halogenated alkanes) is 25. The Hall–Kier alpha value is -3.67. The zero-order valence-electron chi connectivity index (χ0n) is 45.8. The van der Waals surface area contributed by atoms with Gasteiger partial charge in [0.15, 0.2) is 6.10 Å². The molecule has 0 saturated heterocycles. The van der Waals surface area contributed by atoms with Crippen LogP contribution in [0.4, 0.5) is 0 Å². The number of carbonyl (C=O) groups is 3. The maximum atomic E-state index is 12.9. The van der Waals surface area contributed by atoms with Gasteiger partial charge in [0.2, 0.25) is 0 Å². The average Bonchev–Trinajstić information content (AvgIpc) is 3.36. The standard InChI is InChI=1S/C64H108O6/c1-4-7-10-13-16-19-22-25-28-31-32-34-36-39-42-45-48-51-54-57-63(66)69-60-61(59-68-62(65)56-53-50-47-44-41-38-35-30-27-24-21-18-15-12-9-6-3)70-64(67)58-55-52-49-46-43-40-37-33-29-26-23-20-17-14-11-8-5-2/h7,10,16-17,19-20,25-26,28-29,32,34,37,39-40,42,61H,4-6,8-9,11-15,18,21-24,27,30-31,33,35-36,38,41,43-60H2,1-3H3/b10-7+,19-16+,20-17+,28-25+,29-26+,34-32+,40-37+,42-39+/t61-/m1/s1. The summed E-state index contributed by atoms with van der Waals surface area (Å²) in [5.41, 5.74) is 0. The van der Waals surface area contributed by atoms with Crippen molar-refractivity contribution in [3.63, 3.8) is 0 Å². The van der Waals surface area contributed by atoms with Crippen molar-refractivity contribution < 1.29 is 28.6 Å². The molecule has 0 rings (SSSR count). The van der Waals surface area contributed by atoms with Crippen LogP contribution in [0.3, 0.4) is 0 Å². The summed E-state index contributed by atoms with van der Waals surface area (Å²) in [5.74, 6) is -0.945. The predicted octanol–water partition coefficient (Wildman–Crippen LogP) is 19.7. The molecule has 0 unspecified atom stereocenters. The van der Waals surface area contributed by atoms with E-state index in [1.54, 1.807) is 0 Å². The van der Waals surface area contributed by atoms with Crippen LogP contribution in [0.1, 0.15) is 271 Å². The second-order valence-electron chi connectivity index (χ2n) is 19.2. The van der Waals surface area contributed by atoms with Crippen molar-refractivity contribution in [2.24, 2.45) is 0 Å². The van der Waals surface area contributed by atoms with Gasteiger partial charge in [0.25, 0.3) is 0 Å². The van der Waals surface area contributed by atoms with Crippen molar-refractivity contribution in [3.05, 3.63) is 97.2 Å². The zero-order valence-corrected chi connectivity index (χ0v) is 45.8. The van der Waals surface area contributed by atoms with Crippen LogP contribution in [0.5, 0.6) is 0 Å². The van der Waals surface area contributed by atoms with Gasteiger partial charge in [-0.3, -0.25) is 14.4 Å². The van der Waals surface area contributed by atoms with E-state index in [4.69, 9.17) is 14.2 Å². The molecule has 0 radical (unpaired) electrons. The first-order chi connectivity index (χ1) is 34.5. The Morgan fingerprint density at radius 2 is 0.557 bits per heavy atom. The number of hydrogen-bond acceptors (Lipinski definition) is 6. The van der Waals surface area contributed by atoms with Gasteiger partial charge in [-0.2, -0.15) is 0 Å². The highest BCUT2D eigenvalue weighted by Crippen LogP contribution is 2.15. The van der Waals surface area contributed by atoms with E-state index in [2.05, 4.69) is 118 Å². The van der Waals surface area contributed by atoms with Crippen LogP contribution in [0.15, 0.2) is 97.2 Å². The number of rotatable bonds is 52. The monoisotopic (exact) mass is 973 g/mol. The maximum absolute atomic E-state index is 12.9. The van der Waals surface area contributed by atoms with Gasteiger partial charge in [0, 0.05) is 19.3 Å². The summed E-state index contributed by atoms with van der Waals surface area (Å²) in [5, 5.41) is 0. The molecule has 0 aliphatic carbocycles. The molecule has 0 amide bonds. The van der Waals surface area contributed by atoms with Gasteiger partial charge in [-0.15, -0.1) is 0 Å². The highest BCUT2D eigenvalue weighted by Gasteiger charge is 2.19. The SMILES string of the molecule is CC/C=C/C/C=C/C/C=C/C/C=C/C/C=C/CCCCCC(=O)OC[C@@H](COC(=O)CCCCCCCCCCCCCCCCCC)OC(=O)CCCCCC/C=C/C/C=C/C/C=C/CCCCC. The summed E-state index contributed by atoms with van der Waals surface area (Å²) in [4.78, 5) is 38.2. The van der Waals surface area contributed by atoms with Crippen LogP contribution in [-0.2, 0) is 28.6 Å². The highest BCUT2D eigenvalue weighted by molar-refractivity contribution is 5.71. The first kappa shape index (κ1) is 66.3. The Balaban J connectivity index is 4.48. The zero-order chi connectivity index (χ0) is 50.7. The minimum absolute atomic E-state index is 0.0960. The second kappa shape index (κ2) is 57.9. The third-order valence-corrected chi connectivity index (χ3v) is 12.3. The maximum Gasteiger partial charge on any atom is 0.306 e. The summed E-state index contributed by atoms with van der Waals surface area (Å²) in [6.45, 7) is 6.47. The minimum atomic E-state index is -0.803. The Bertz CT molecular complexity index is 1400. The Morgan fingerprint density at radius 1 is 0.300 bits per heavy atom. The third kappa shape index (κ3) is 55.3. The predicted molar refractivity (Wildman–Crippen MR) is 302 cm³/mol. The molecule has 0 bridgehead atoms. The van der Waals surface area contributed by atoms with Crippen LogP contribution in [0, 0.1) is 0 Å². The largest absolute Gasteiger partial charge is 0.462 e. The van der Waals surface area contributed by atoms with E-state index in [9.17, 15) is 14.4 Å². The lowest BCUT2D eigenvalue weighted by atomic mass is 10.0. The first-order valence-corrected chi connectivity index (χ1v) is 29.2. The quantitative estimate of drug-likeness (QED) is 0.0262. The Kier molecular flexibility index (Phi) is 54.9. The first-order valence-electron chi connectivity index (χ1n) is 29.2. The summed E-state index contributed by atoms with van der Waals surface area (Å²) in [6, 6.07) is 0. The van der Waals surface area contributed by atoms with E-state index in [0.29, 0.717) is 19.3 Å². The molecule has 400 valence electrons. The van der Waals surface area contributed by atoms with E-state index in [0.717, 1.165) is 122 Å². The molecule has 6 nitrogen and oxygen atoms in total. The van der Waals surface area contributed by atoms with Gasteiger partial charge in [0.1, 0.15) is 13.2 Å². The van der Waals surface area contributed by atoms with Crippen LogP contribution >= 0.6 is 0 Å². The molecule has 6 heteroatoms. The normalized spacial score (nSPS) is 12.8. The van der Waals surface area contributed by atoms with Crippen LogP contribution in [0.2, 0.25) is 0 Å². The molecule has 0 aromatic carbocycles. The van der Waals surface area contributed by atoms with Crippen molar-refractivity contribution in [1.29, 1.82) is 0 Å². The van der Waals surface area contributed by atoms with Gasteiger partial charge >= 0.3 is 17.9 Å². The molecular formula is C64H108O6. The molecule has 1 atom stereocenters. The van der Waals surface area contributed by atoms with Crippen molar-refractivity contribution in [2.75, 3.05) is 13.2 Å². The van der Waals surface area contributed by atoms with Gasteiger partial charge in [-0.25, -0.2) is 0 Å². The lowest BCUT2D eigenvalue weighted by Gasteiger charge is -2.18. The fraction of sp³-hybridized carbons (Fsp3) is 0.703. The smallest absolute Gasteiger partial charge is 0.306 e. The third-order valence-electron chi connectivity index (χ3n) is 12.3. The molecule has 0 heterocycles. The van der Waals surface area contributed by atoms with Crippen molar-refractivity contribution in [3.8, 4) is 0 Å². The van der Waals surface area contributed by atoms with Crippen LogP contribution in [0.25, 0.3) is 0 Å². The number of esters is 3. The number of hydrogen-bond donors (Lipinski definition) is 0. The molecule has 0 fully saturated rings. The lowest BCUT2D eigenvalue weighted by Crippen LogP contribution is -2.30. The van der Waals surface area contributed by atoms with Gasteiger partial charge < -0.3 is 14.2 Å². The summed E-state index contributed by atoms with van der Waals surface area (Å²) in [6.07, 6.45) is 76.8. The molecule has 0 aromatic rings. The molecule has 0 aliphatic heterocycles. The van der Waals surface area contributed by atoms with E-state index in [1.807, 2.05) is 0 Å². The second-order valence-corrected chi connectivity index (χ2v) is 19.2. The van der Waals surface area contributed by atoms with Crippen molar-refractivity contribution in [2.45, 2.75) is 277 Å². The molecule has 0 N–H and O–H groups in total. The topological polar surface area (TPSA) is 78.9 Å². The summed E-state index contributed by atoms with van der Waals surface area (Å²) < 4.78 is 16.8. The molecule has 0 saturated carbocycles. The fourth-order valence-corrected chi connectivity index (χ4v) is 7.95. The molecule has 70 heavy (non-hydrogen) atoms. The van der Waals surface area contributed by atoms with E-state index in [-0.39, 0.29) is 31.1 Å². The average molecular weight is 974 g/mol. The Labute approximate surface area is 432 Å². The highest BCUT2D eigenvalue weighted by atomic mass is 16.6. The van der Waals surface area contributed by atoms with Gasteiger partial charge in [0.05, 0.1) is 0 Å². The van der Waals surface area contributed by atoms with Crippen LogP contribution < -0.4 is 0 Å². The van der Waals surface area contributed by atoms with Gasteiger partial charge in [-0.1, -0.05) is 246 Å². The van der Waals surface area contributed by atoms with Crippen molar-refractivity contribution in [1.82, 2.24) is 0 Å². The van der Waals surface area contributed by atoms with E-state index < -0.39 is 6.10 Å². The molecule has 0 aliphatic rings. The van der Waals surface area contributed by atoms with Gasteiger partial charge in [-0.05, 0) is 103 Å². The number of ether oxygens (including phenoxy) is 3. The Morgan fingerprint density at radius 3 is 0.914 bits per heavy atom. The minimum Gasteiger partial charge on any atom is -0.462 e.